The van der Waals surface area contributed by atoms with E-state index in [1.54, 1.807) is 54.6 Å². The summed E-state index contributed by atoms with van der Waals surface area (Å²) in [6.07, 6.45) is 0. The smallest absolute Gasteiger partial charge is 0.262 e. The van der Waals surface area contributed by atoms with Crippen LogP contribution in [0, 0.1) is 0 Å². The molecular weight excluding hydrogens is 404 g/mol. The quantitative estimate of drug-likeness (QED) is 0.535. The van der Waals surface area contributed by atoms with Crippen LogP contribution in [0.2, 0.25) is 5.02 Å². The molecule has 7 heteroatoms. The molecule has 0 aliphatic heterocycles. The third kappa shape index (κ3) is 5.46. The number of halogens is 1. The van der Waals surface area contributed by atoms with Gasteiger partial charge in [0.15, 0.2) is 12.4 Å². The maximum Gasteiger partial charge on any atom is 0.262 e. The van der Waals surface area contributed by atoms with E-state index in [0.717, 1.165) is 0 Å². The Kier molecular flexibility index (Phi) is 6.83. The summed E-state index contributed by atoms with van der Waals surface area (Å²) in [5.74, 6) is -0.832. The van der Waals surface area contributed by atoms with Crippen molar-refractivity contribution in [3.05, 3.63) is 88.9 Å². The van der Waals surface area contributed by atoms with Gasteiger partial charge in [0.25, 0.3) is 11.8 Å². The predicted molar refractivity (Wildman–Crippen MR) is 116 cm³/mol. The molecule has 30 heavy (non-hydrogen) atoms. The Morgan fingerprint density at radius 3 is 2.30 bits per heavy atom. The number of rotatable bonds is 7. The molecule has 3 aromatic rings. The van der Waals surface area contributed by atoms with E-state index in [1.165, 1.54) is 19.1 Å². The second-order valence-electron chi connectivity index (χ2n) is 6.40. The Bertz CT molecular complexity index is 1080. The summed E-state index contributed by atoms with van der Waals surface area (Å²) in [5.41, 5.74) is 1.62. The molecule has 6 nitrogen and oxygen atoms in total. The molecule has 0 spiro atoms. The van der Waals surface area contributed by atoms with Gasteiger partial charge in [0, 0.05) is 16.3 Å². The Hall–Kier alpha value is -3.64. The second kappa shape index (κ2) is 9.71. The highest BCUT2D eigenvalue weighted by Gasteiger charge is 2.16. The molecule has 152 valence electrons. The number of carbonyl (C=O) groups excluding carboxylic acids is 3. The van der Waals surface area contributed by atoms with Crippen LogP contribution in [0.1, 0.15) is 27.6 Å². The number of ether oxygens (including phenoxy) is 1. The fourth-order valence-corrected chi connectivity index (χ4v) is 2.93. The molecule has 0 unspecified atom stereocenters. The number of carbonyl (C=O) groups is 3. The van der Waals surface area contributed by atoms with Crippen molar-refractivity contribution in [2.45, 2.75) is 6.92 Å². The Labute approximate surface area is 178 Å². The SMILES string of the molecule is CC(=O)c1ccccc1NC(=O)COc1ccc(Cl)cc1C(=O)Nc1ccccc1. The molecule has 0 heterocycles. The topological polar surface area (TPSA) is 84.5 Å². The van der Waals surface area contributed by atoms with Crippen molar-refractivity contribution in [1.29, 1.82) is 0 Å². The number of amides is 2. The molecule has 0 bridgehead atoms. The fraction of sp³-hybridized carbons (Fsp3) is 0.0870. The average molecular weight is 423 g/mol. The van der Waals surface area contributed by atoms with E-state index >= 15 is 0 Å². The van der Waals surface area contributed by atoms with E-state index < -0.39 is 11.8 Å². The van der Waals surface area contributed by atoms with Crippen LogP contribution in [0.3, 0.4) is 0 Å². The summed E-state index contributed by atoms with van der Waals surface area (Å²) in [5, 5.41) is 5.77. The standard InChI is InChI=1S/C23H19ClN2O4/c1-15(27)18-9-5-6-10-20(18)26-22(28)14-30-21-12-11-16(24)13-19(21)23(29)25-17-7-3-2-4-8-17/h2-13H,14H2,1H3,(H,25,29)(H,26,28). The number of nitrogens with one attached hydrogen (secondary N) is 2. The molecule has 0 radical (unpaired) electrons. The summed E-state index contributed by atoms with van der Waals surface area (Å²) in [7, 11) is 0. The summed E-state index contributed by atoms with van der Waals surface area (Å²) >= 11 is 6.03. The van der Waals surface area contributed by atoms with Crippen LogP contribution in [-0.2, 0) is 4.79 Å². The Balaban J connectivity index is 1.70. The largest absolute Gasteiger partial charge is 0.483 e. The van der Waals surface area contributed by atoms with Crippen molar-refractivity contribution in [3.8, 4) is 5.75 Å². The maximum atomic E-state index is 12.7. The first-order chi connectivity index (χ1) is 14.4. The zero-order valence-electron chi connectivity index (χ0n) is 16.1. The predicted octanol–water partition coefficient (Wildman–Crippen LogP) is 4.81. The number of hydrogen-bond donors (Lipinski definition) is 2. The third-order valence-electron chi connectivity index (χ3n) is 4.16. The van der Waals surface area contributed by atoms with Crippen molar-refractivity contribution in [1.82, 2.24) is 0 Å². The van der Waals surface area contributed by atoms with E-state index in [1.807, 2.05) is 6.07 Å². The van der Waals surface area contributed by atoms with Crippen LogP contribution >= 0.6 is 11.6 Å². The van der Waals surface area contributed by atoms with E-state index in [2.05, 4.69) is 10.6 Å². The van der Waals surface area contributed by atoms with Crippen molar-refractivity contribution in [2.24, 2.45) is 0 Å². The number of anilines is 2. The minimum absolute atomic E-state index is 0.163. The molecule has 3 rings (SSSR count). The minimum atomic E-state index is -0.465. The normalized spacial score (nSPS) is 10.2. The number of benzene rings is 3. The van der Waals surface area contributed by atoms with Crippen LogP contribution in [0.25, 0.3) is 0 Å². The molecule has 0 aliphatic carbocycles. The molecule has 2 N–H and O–H groups in total. The lowest BCUT2D eigenvalue weighted by atomic mass is 10.1. The molecule has 0 fully saturated rings. The van der Waals surface area contributed by atoms with Crippen LogP contribution < -0.4 is 15.4 Å². The summed E-state index contributed by atoms with van der Waals surface area (Å²) in [4.78, 5) is 36.7. The van der Waals surface area contributed by atoms with Crippen LogP contribution in [0.15, 0.2) is 72.8 Å². The zero-order chi connectivity index (χ0) is 21.5. The van der Waals surface area contributed by atoms with Crippen LogP contribution in [-0.4, -0.2) is 24.2 Å². The first-order valence-electron chi connectivity index (χ1n) is 9.12. The van der Waals surface area contributed by atoms with Gasteiger partial charge in [-0.3, -0.25) is 14.4 Å². The van der Waals surface area contributed by atoms with Crippen molar-refractivity contribution in [2.75, 3.05) is 17.2 Å². The number of para-hydroxylation sites is 2. The lowest BCUT2D eigenvalue weighted by Crippen LogP contribution is -2.22. The third-order valence-corrected chi connectivity index (χ3v) is 4.39. The highest BCUT2D eigenvalue weighted by molar-refractivity contribution is 6.31. The van der Waals surface area contributed by atoms with E-state index in [-0.39, 0.29) is 23.7 Å². The van der Waals surface area contributed by atoms with Gasteiger partial charge in [0.2, 0.25) is 0 Å². The molecule has 0 aliphatic rings. The Morgan fingerprint density at radius 2 is 1.57 bits per heavy atom. The lowest BCUT2D eigenvalue weighted by molar-refractivity contribution is -0.118. The average Bonchev–Trinajstić information content (AvgIpc) is 2.73. The summed E-state index contributed by atoms with van der Waals surface area (Å²) in [6.45, 7) is 1.08. The van der Waals surface area contributed by atoms with Gasteiger partial charge in [-0.25, -0.2) is 0 Å². The van der Waals surface area contributed by atoms with Gasteiger partial charge in [0.1, 0.15) is 5.75 Å². The van der Waals surface area contributed by atoms with Gasteiger partial charge in [0.05, 0.1) is 11.3 Å². The number of Topliss-reactive ketones (excluding diaryl/α,β-unsaturated/α-hetero) is 1. The minimum Gasteiger partial charge on any atom is -0.483 e. The van der Waals surface area contributed by atoms with Crippen LogP contribution in [0.5, 0.6) is 5.75 Å². The number of ketones is 1. The highest BCUT2D eigenvalue weighted by atomic mass is 35.5. The van der Waals surface area contributed by atoms with Gasteiger partial charge >= 0.3 is 0 Å². The summed E-state index contributed by atoms with van der Waals surface area (Å²) < 4.78 is 5.57. The van der Waals surface area contributed by atoms with Gasteiger partial charge < -0.3 is 15.4 Å². The fourth-order valence-electron chi connectivity index (χ4n) is 2.75. The Morgan fingerprint density at radius 1 is 0.867 bits per heavy atom. The number of hydrogen-bond acceptors (Lipinski definition) is 4. The van der Waals surface area contributed by atoms with Crippen LogP contribution in [0.4, 0.5) is 11.4 Å². The zero-order valence-corrected chi connectivity index (χ0v) is 16.9. The van der Waals surface area contributed by atoms with Gasteiger partial charge in [-0.05, 0) is 49.4 Å². The first kappa shape index (κ1) is 21.1. The molecule has 0 aromatic heterocycles. The van der Waals surface area contributed by atoms with Crippen molar-refractivity contribution in [3.63, 3.8) is 0 Å². The molecule has 0 atom stereocenters. The molecule has 2 amide bonds. The highest BCUT2D eigenvalue weighted by Crippen LogP contribution is 2.24. The molecule has 0 saturated carbocycles. The van der Waals surface area contributed by atoms with Crippen molar-refractivity contribution >= 4 is 40.6 Å². The van der Waals surface area contributed by atoms with Gasteiger partial charge in [-0.15, -0.1) is 0 Å². The van der Waals surface area contributed by atoms with Gasteiger partial charge in [-0.2, -0.15) is 0 Å². The first-order valence-corrected chi connectivity index (χ1v) is 9.50. The molecule has 3 aromatic carbocycles. The maximum absolute atomic E-state index is 12.7. The molecule has 0 saturated heterocycles. The monoisotopic (exact) mass is 422 g/mol. The summed E-state index contributed by atoms with van der Waals surface area (Å²) in [6, 6.07) is 20.2. The van der Waals surface area contributed by atoms with E-state index in [9.17, 15) is 14.4 Å². The van der Waals surface area contributed by atoms with Gasteiger partial charge in [-0.1, -0.05) is 41.9 Å². The molecular formula is C23H19ClN2O4. The van der Waals surface area contributed by atoms with Crippen molar-refractivity contribution < 1.29 is 19.1 Å². The van der Waals surface area contributed by atoms with E-state index in [0.29, 0.717) is 22.0 Å². The van der Waals surface area contributed by atoms with E-state index in [4.69, 9.17) is 16.3 Å². The lowest BCUT2D eigenvalue weighted by Gasteiger charge is -2.13. The second-order valence-corrected chi connectivity index (χ2v) is 6.84.